The highest BCUT2D eigenvalue weighted by Gasteiger charge is 2.47. The molecule has 3 aromatic carbocycles. The van der Waals surface area contributed by atoms with Crippen LogP contribution in [0.1, 0.15) is 61.6 Å². The molecule has 6 nitrogen and oxygen atoms in total. The molecule has 1 unspecified atom stereocenters. The molecule has 39 heavy (non-hydrogen) atoms. The molecule has 1 aliphatic heterocycles. The van der Waals surface area contributed by atoms with Crippen LogP contribution in [-0.4, -0.2) is 29.5 Å². The van der Waals surface area contributed by atoms with Gasteiger partial charge in [-0.15, -0.1) is 0 Å². The minimum atomic E-state index is -0.834. The van der Waals surface area contributed by atoms with Crippen molar-refractivity contribution >= 4 is 23.1 Å². The van der Waals surface area contributed by atoms with E-state index in [9.17, 15) is 14.7 Å². The minimum Gasteiger partial charge on any atom is -0.507 e. The number of aryl methyl sites for hydroxylation is 3. The summed E-state index contributed by atoms with van der Waals surface area (Å²) in [4.78, 5) is 28.6. The maximum Gasteiger partial charge on any atom is 0.300 e. The Labute approximate surface area is 230 Å². The van der Waals surface area contributed by atoms with Gasteiger partial charge in [0, 0.05) is 11.3 Å². The van der Waals surface area contributed by atoms with Crippen LogP contribution in [0, 0.1) is 26.7 Å². The van der Waals surface area contributed by atoms with Gasteiger partial charge < -0.3 is 14.6 Å². The van der Waals surface area contributed by atoms with Crippen molar-refractivity contribution in [2.24, 2.45) is 5.92 Å². The molecular weight excluding hydrogens is 490 g/mol. The summed E-state index contributed by atoms with van der Waals surface area (Å²) in [5.41, 5.74) is 4.51. The molecule has 4 rings (SSSR count). The van der Waals surface area contributed by atoms with Crippen LogP contribution in [0.25, 0.3) is 5.76 Å². The lowest BCUT2D eigenvalue weighted by atomic mass is 9.94. The average Bonchev–Trinajstić information content (AvgIpc) is 3.12. The Morgan fingerprint density at radius 1 is 0.923 bits per heavy atom. The summed E-state index contributed by atoms with van der Waals surface area (Å²) in [6, 6.07) is 17.6. The lowest BCUT2D eigenvalue weighted by Gasteiger charge is -2.26. The zero-order valence-electron chi connectivity index (χ0n) is 23.7. The van der Waals surface area contributed by atoms with Crippen LogP contribution in [0.5, 0.6) is 11.5 Å². The van der Waals surface area contributed by atoms with Gasteiger partial charge in [-0.2, -0.15) is 0 Å². The molecule has 0 aliphatic carbocycles. The summed E-state index contributed by atoms with van der Waals surface area (Å²) >= 11 is 0. The fourth-order valence-electron chi connectivity index (χ4n) is 4.90. The van der Waals surface area contributed by atoms with Gasteiger partial charge in [0.2, 0.25) is 0 Å². The predicted molar refractivity (Wildman–Crippen MR) is 154 cm³/mol. The van der Waals surface area contributed by atoms with Gasteiger partial charge in [0.1, 0.15) is 17.3 Å². The first kappa shape index (κ1) is 28.0. The van der Waals surface area contributed by atoms with Crippen LogP contribution < -0.4 is 14.4 Å². The van der Waals surface area contributed by atoms with Crippen LogP contribution >= 0.6 is 0 Å². The van der Waals surface area contributed by atoms with E-state index in [-0.39, 0.29) is 17.4 Å². The average molecular weight is 528 g/mol. The highest BCUT2D eigenvalue weighted by Crippen LogP contribution is 2.43. The summed E-state index contributed by atoms with van der Waals surface area (Å²) in [5.74, 6) is 0.0649. The van der Waals surface area contributed by atoms with Gasteiger partial charge in [0.25, 0.3) is 11.7 Å². The van der Waals surface area contributed by atoms with Crippen molar-refractivity contribution in [1.82, 2.24) is 0 Å². The molecule has 6 heteroatoms. The van der Waals surface area contributed by atoms with Crippen molar-refractivity contribution in [3.63, 3.8) is 0 Å². The molecule has 0 aromatic heterocycles. The predicted octanol–water partition coefficient (Wildman–Crippen LogP) is 7.06. The Kier molecular flexibility index (Phi) is 8.14. The number of carbonyl (C=O) groups excluding carboxylic acids is 2. The molecular formula is C33H37NO5. The molecule has 1 fully saturated rings. The van der Waals surface area contributed by atoms with Crippen LogP contribution in [0.3, 0.4) is 0 Å². The van der Waals surface area contributed by atoms with Crippen molar-refractivity contribution < 1.29 is 24.2 Å². The third-order valence-electron chi connectivity index (χ3n) is 6.50. The number of ketones is 1. The number of ether oxygens (including phenoxy) is 2. The molecule has 1 heterocycles. The Morgan fingerprint density at radius 2 is 1.62 bits per heavy atom. The van der Waals surface area contributed by atoms with Gasteiger partial charge in [-0.05, 0) is 105 Å². The first-order valence-electron chi connectivity index (χ1n) is 13.4. The third kappa shape index (κ3) is 6.00. The highest BCUT2D eigenvalue weighted by molar-refractivity contribution is 6.51. The molecule has 1 atom stereocenters. The van der Waals surface area contributed by atoms with Crippen molar-refractivity contribution in [2.45, 2.75) is 60.6 Å². The fraction of sp³-hybridized carbons (Fsp3) is 0.333. The maximum atomic E-state index is 13.6. The van der Waals surface area contributed by atoms with Crippen molar-refractivity contribution in [3.8, 4) is 11.5 Å². The number of aliphatic hydroxyl groups is 1. The van der Waals surface area contributed by atoms with Crippen molar-refractivity contribution in [1.29, 1.82) is 0 Å². The number of benzene rings is 3. The van der Waals surface area contributed by atoms with E-state index >= 15 is 0 Å². The molecule has 3 aromatic rings. The van der Waals surface area contributed by atoms with Gasteiger partial charge in [0.05, 0.1) is 24.3 Å². The van der Waals surface area contributed by atoms with Crippen LogP contribution in [-0.2, 0) is 9.59 Å². The standard InChI is InChI=1S/C33H37NO5/c1-19(2)18-38-28-12-11-25(16-23(28)7)31(35)29-30(24-9-8-10-27(17-24)39-20(3)4)34(33(37)32(29)36)26-14-21(5)13-22(6)15-26/h8-17,19-20,30,35H,18H2,1-7H3/b31-29+. The normalized spacial score (nSPS) is 16.8. The number of Topliss-reactive ketones (excluding diaryl/α,β-unsaturated/α-hetero) is 1. The molecule has 0 radical (unpaired) electrons. The Hall–Kier alpha value is -4.06. The van der Waals surface area contributed by atoms with E-state index in [2.05, 4.69) is 13.8 Å². The second-order valence-electron chi connectivity index (χ2n) is 10.9. The number of aliphatic hydroxyl groups excluding tert-OH is 1. The zero-order valence-corrected chi connectivity index (χ0v) is 23.7. The van der Waals surface area contributed by atoms with Gasteiger partial charge in [-0.25, -0.2) is 0 Å². The van der Waals surface area contributed by atoms with E-state index in [4.69, 9.17) is 9.47 Å². The molecule has 1 saturated heterocycles. The van der Waals surface area contributed by atoms with Crippen LogP contribution in [0.15, 0.2) is 66.2 Å². The largest absolute Gasteiger partial charge is 0.507 e. The number of carbonyl (C=O) groups is 2. The van der Waals surface area contributed by atoms with Crippen molar-refractivity contribution in [3.05, 3.63) is 94.1 Å². The number of rotatable bonds is 8. The third-order valence-corrected chi connectivity index (χ3v) is 6.50. The Balaban J connectivity index is 1.89. The first-order chi connectivity index (χ1) is 18.5. The highest BCUT2D eigenvalue weighted by atomic mass is 16.5. The van der Waals surface area contributed by atoms with E-state index in [0.29, 0.717) is 40.8 Å². The molecule has 1 aliphatic rings. The van der Waals surface area contributed by atoms with Crippen molar-refractivity contribution in [2.75, 3.05) is 11.5 Å². The van der Waals surface area contributed by atoms with E-state index in [0.717, 1.165) is 16.7 Å². The van der Waals surface area contributed by atoms with E-state index in [1.165, 1.54) is 4.90 Å². The molecule has 0 spiro atoms. The number of hydrogen-bond donors (Lipinski definition) is 1. The Bertz CT molecular complexity index is 1420. The molecule has 1 N–H and O–H groups in total. The molecule has 0 saturated carbocycles. The summed E-state index contributed by atoms with van der Waals surface area (Å²) in [5, 5.41) is 11.6. The Morgan fingerprint density at radius 3 is 2.23 bits per heavy atom. The second kappa shape index (κ2) is 11.4. The molecule has 204 valence electrons. The van der Waals surface area contributed by atoms with Gasteiger partial charge in [-0.1, -0.05) is 32.0 Å². The second-order valence-corrected chi connectivity index (χ2v) is 10.9. The van der Waals surface area contributed by atoms with E-state index in [1.54, 1.807) is 18.2 Å². The van der Waals surface area contributed by atoms with Gasteiger partial charge in [0.15, 0.2) is 0 Å². The lowest BCUT2D eigenvalue weighted by Crippen LogP contribution is -2.29. The number of anilines is 1. The summed E-state index contributed by atoms with van der Waals surface area (Å²) < 4.78 is 11.8. The SMILES string of the molecule is Cc1cc(C)cc(N2C(=O)C(=O)/C(=C(/O)c3ccc(OCC(C)C)c(C)c3)C2c2cccc(OC(C)C)c2)c1. The van der Waals surface area contributed by atoms with Crippen LogP contribution in [0.4, 0.5) is 5.69 Å². The first-order valence-corrected chi connectivity index (χ1v) is 13.4. The smallest absolute Gasteiger partial charge is 0.300 e. The maximum absolute atomic E-state index is 13.6. The molecule has 1 amide bonds. The van der Waals surface area contributed by atoms with Crippen LogP contribution in [0.2, 0.25) is 0 Å². The fourth-order valence-corrected chi connectivity index (χ4v) is 4.90. The molecule has 0 bridgehead atoms. The monoisotopic (exact) mass is 527 g/mol. The quantitative estimate of drug-likeness (QED) is 0.193. The number of hydrogen-bond acceptors (Lipinski definition) is 5. The topological polar surface area (TPSA) is 76.1 Å². The summed E-state index contributed by atoms with van der Waals surface area (Å²) in [7, 11) is 0. The number of nitrogens with zero attached hydrogens (tertiary/aromatic N) is 1. The number of amides is 1. The summed E-state index contributed by atoms with van der Waals surface area (Å²) in [6.07, 6.45) is -0.0505. The van der Waals surface area contributed by atoms with Gasteiger partial charge >= 0.3 is 0 Å². The van der Waals surface area contributed by atoms with E-state index in [1.807, 2.05) is 77.1 Å². The van der Waals surface area contributed by atoms with E-state index < -0.39 is 17.7 Å². The minimum absolute atomic E-state index is 0.0381. The summed E-state index contributed by atoms with van der Waals surface area (Å²) in [6.45, 7) is 14.4. The van der Waals surface area contributed by atoms with Gasteiger partial charge in [-0.3, -0.25) is 14.5 Å². The zero-order chi connectivity index (χ0) is 28.4. The lowest BCUT2D eigenvalue weighted by molar-refractivity contribution is -0.132.